The molecule has 0 aliphatic heterocycles. The Balaban J connectivity index is 2.43. The minimum absolute atomic E-state index is 0.00873. The van der Waals surface area contributed by atoms with E-state index in [1.54, 1.807) is 56.3 Å². The van der Waals surface area contributed by atoms with Crippen molar-refractivity contribution in [2.24, 2.45) is 0 Å². The Bertz CT molecular complexity index is 1080. The van der Waals surface area contributed by atoms with Crippen LogP contribution in [0.3, 0.4) is 0 Å². The molecule has 0 spiro atoms. The number of nitrogens with zero attached hydrogens (tertiary/aromatic N) is 2. The van der Waals surface area contributed by atoms with Gasteiger partial charge in [0.15, 0.2) is 0 Å². The summed E-state index contributed by atoms with van der Waals surface area (Å²) >= 11 is 12.2. The van der Waals surface area contributed by atoms with Gasteiger partial charge in [-0.3, -0.25) is 13.9 Å². The number of amides is 2. The summed E-state index contributed by atoms with van der Waals surface area (Å²) in [5.41, 5.74) is 1.68. The van der Waals surface area contributed by atoms with Gasteiger partial charge in [0.05, 0.1) is 11.9 Å². The first-order valence-corrected chi connectivity index (χ1v) is 12.0. The van der Waals surface area contributed by atoms with Crippen LogP contribution >= 0.6 is 23.2 Å². The van der Waals surface area contributed by atoms with Gasteiger partial charge in [-0.15, -0.1) is 0 Å². The first kappa shape index (κ1) is 25.0. The van der Waals surface area contributed by atoms with Gasteiger partial charge in [0.2, 0.25) is 21.8 Å². The van der Waals surface area contributed by atoms with Crippen LogP contribution < -0.4 is 9.62 Å². The molecule has 1 unspecified atom stereocenters. The summed E-state index contributed by atoms with van der Waals surface area (Å²) in [6.45, 7) is 2.88. The maximum Gasteiger partial charge on any atom is 0.244 e. The molecule has 0 fully saturated rings. The molecule has 0 radical (unpaired) electrons. The van der Waals surface area contributed by atoms with E-state index in [1.807, 2.05) is 0 Å². The second-order valence-electron chi connectivity index (χ2n) is 7.10. The highest BCUT2D eigenvalue weighted by Crippen LogP contribution is 2.25. The zero-order chi connectivity index (χ0) is 23.3. The molecule has 0 aliphatic carbocycles. The molecule has 1 N–H and O–H groups in total. The predicted molar refractivity (Wildman–Crippen MR) is 124 cm³/mol. The first-order chi connectivity index (χ1) is 14.5. The van der Waals surface area contributed by atoms with Crippen molar-refractivity contribution < 1.29 is 18.0 Å². The Morgan fingerprint density at radius 1 is 1.13 bits per heavy atom. The molecule has 0 bridgehead atoms. The van der Waals surface area contributed by atoms with E-state index in [0.29, 0.717) is 26.9 Å². The molecule has 2 aromatic rings. The van der Waals surface area contributed by atoms with Crippen LogP contribution in [0.1, 0.15) is 18.1 Å². The number of likely N-dealkylation sites (N-methyl/N-ethyl adjacent to an activating group) is 1. The van der Waals surface area contributed by atoms with Crippen LogP contribution in [0, 0.1) is 6.92 Å². The second kappa shape index (κ2) is 10.3. The highest BCUT2D eigenvalue weighted by atomic mass is 35.5. The van der Waals surface area contributed by atoms with Gasteiger partial charge < -0.3 is 10.2 Å². The third-order valence-corrected chi connectivity index (χ3v) is 6.55. The van der Waals surface area contributed by atoms with Gasteiger partial charge in [-0.05, 0) is 43.2 Å². The zero-order valence-corrected chi connectivity index (χ0v) is 20.1. The summed E-state index contributed by atoms with van der Waals surface area (Å²) in [5, 5.41) is 3.29. The molecular weight excluding hydrogens is 461 g/mol. The number of rotatable bonds is 8. The number of hydrogen-bond acceptors (Lipinski definition) is 4. The second-order valence-corrected chi connectivity index (χ2v) is 9.85. The van der Waals surface area contributed by atoms with Crippen molar-refractivity contribution in [3.63, 3.8) is 0 Å². The van der Waals surface area contributed by atoms with E-state index < -0.39 is 28.5 Å². The van der Waals surface area contributed by atoms with E-state index in [2.05, 4.69) is 5.32 Å². The third kappa shape index (κ3) is 6.35. The van der Waals surface area contributed by atoms with Crippen LogP contribution in [0.2, 0.25) is 10.0 Å². The third-order valence-electron chi connectivity index (χ3n) is 4.83. The Kier molecular flexibility index (Phi) is 8.34. The Morgan fingerprint density at radius 3 is 2.32 bits per heavy atom. The molecule has 7 nitrogen and oxygen atoms in total. The van der Waals surface area contributed by atoms with E-state index in [9.17, 15) is 18.0 Å². The summed E-state index contributed by atoms with van der Waals surface area (Å²) in [7, 11) is -2.30. The SMILES string of the molecule is CNC(=O)C(C)N(Cc1ccc(Cl)cc1Cl)C(=O)CN(c1ccccc1C)S(C)(=O)=O. The fourth-order valence-corrected chi connectivity index (χ4v) is 4.44. The van der Waals surface area contributed by atoms with Crippen molar-refractivity contribution in [1.29, 1.82) is 0 Å². The number of carbonyl (C=O) groups excluding carboxylic acids is 2. The van der Waals surface area contributed by atoms with Crippen LogP contribution in [-0.2, 0) is 26.2 Å². The molecule has 2 amide bonds. The highest BCUT2D eigenvalue weighted by Gasteiger charge is 2.30. The smallest absolute Gasteiger partial charge is 0.244 e. The van der Waals surface area contributed by atoms with E-state index >= 15 is 0 Å². The number of halogens is 2. The van der Waals surface area contributed by atoms with Crippen molar-refractivity contribution in [3.05, 3.63) is 63.6 Å². The quantitative estimate of drug-likeness (QED) is 0.621. The van der Waals surface area contributed by atoms with Gasteiger partial charge in [-0.1, -0.05) is 47.5 Å². The van der Waals surface area contributed by atoms with Gasteiger partial charge in [-0.25, -0.2) is 8.42 Å². The monoisotopic (exact) mass is 485 g/mol. The minimum Gasteiger partial charge on any atom is -0.357 e. The molecule has 0 aliphatic rings. The number of para-hydroxylation sites is 1. The number of aryl methyl sites for hydroxylation is 1. The van der Waals surface area contributed by atoms with E-state index in [1.165, 1.54) is 11.9 Å². The fourth-order valence-electron chi connectivity index (χ4n) is 3.06. The fraction of sp³-hybridized carbons (Fsp3) is 0.333. The number of anilines is 1. The molecule has 2 aromatic carbocycles. The van der Waals surface area contributed by atoms with Crippen molar-refractivity contribution >= 4 is 50.7 Å². The highest BCUT2D eigenvalue weighted by molar-refractivity contribution is 7.92. The average molecular weight is 486 g/mol. The Morgan fingerprint density at radius 2 is 1.77 bits per heavy atom. The van der Waals surface area contributed by atoms with Gasteiger partial charge in [0.1, 0.15) is 12.6 Å². The molecular formula is C21H25Cl2N3O4S. The van der Waals surface area contributed by atoms with Crippen LogP contribution in [0.15, 0.2) is 42.5 Å². The molecule has 0 aromatic heterocycles. The lowest BCUT2D eigenvalue weighted by atomic mass is 10.1. The van der Waals surface area contributed by atoms with Crippen LogP contribution in [0.4, 0.5) is 5.69 Å². The predicted octanol–water partition coefficient (Wildman–Crippen LogP) is 3.23. The maximum atomic E-state index is 13.3. The molecule has 2 rings (SSSR count). The normalized spacial score (nSPS) is 12.2. The van der Waals surface area contributed by atoms with Crippen molar-refractivity contribution in [2.45, 2.75) is 26.4 Å². The number of nitrogens with one attached hydrogen (secondary N) is 1. The number of carbonyl (C=O) groups is 2. The molecule has 31 heavy (non-hydrogen) atoms. The first-order valence-electron chi connectivity index (χ1n) is 9.44. The Hall–Kier alpha value is -2.29. The lowest BCUT2D eigenvalue weighted by molar-refractivity contribution is -0.139. The largest absolute Gasteiger partial charge is 0.357 e. The Labute approximate surface area is 193 Å². The van der Waals surface area contributed by atoms with E-state index in [-0.39, 0.29) is 12.5 Å². The van der Waals surface area contributed by atoms with Gasteiger partial charge >= 0.3 is 0 Å². The molecule has 1 atom stereocenters. The summed E-state index contributed by atoms with van der Waals surface area (Å²) in [6, 6.07) is 10.9. The van der Waals surface area contributed by atoms with Crippen LogP contribution in [0.25, 0.3) is 0 Å². The number of sulfonamides is 1. The van der Waals surface area contributed by atoms with Crippen LogP contribution in [-0.4, -0.2) is 51.0 Å². The summed E-state index contributed by atoms with van der Waals surface area (Å²) in [5.74, 6) is -0.934. The molecule has 0 saturated heterocycles. The lowest BCUT2D eigenvalue weighted by Gasteiger charge is -2.31. The molecule has 0 saturated carbocycles. The summed E-state index contributed by atoms with van der Waals surface area (Å²) in [6.07, 6.45) is 1.04. The lowest BCUT2D eigenvalue weighted by Crippen LogP contribution is -2.50. The topological polar surface area (TPSA) is 86.8 Å². The zero-order valence-electron chi connectivity index (χ0n) is 17.7. The van der Waals surface area contributed by atoms with Gasteiger partial charge in [0.25, 0.3) is 0 Å². The minimum atomic E-state index is -3.77. The van der Waals surface area contributed by atoms with Gasteiger partial charge in [0, 0.05) is 23.6 Å². The van der Waals surface area contributed by atoms with Gasteiger partial charge in [-0.2, -0.15) is 0 Å². The molecule has 10 heteroatoms. The maximum absolute atomic E-state index is 13.3. The summed E-state index contributed by atoms with van der Waals surface area (Å²) < 4.78 is 26.0. The summed E-state index contributed by atoms with van der Waals surface area (Å²) in [4.78, 5) is 26.9. The van der Waals surface area contributed by atoms with Crippen molar-refractivity contribution in [3.8, 4) is 0 Å². The van der Waals surface area contributed by atoms with E-state index in [4.69, 9.17) is 23.2 Å². The average Bonchev–Trinajstić information content (AvgIpc) is 2.70. The van der Waals surface area contributed by atoms with Crippen molar-refractivity contribution in [1.82, 2.24) is 10.2 Å². The standard InChI is InChI=1S/C21H25Cl2N3O4S/c1-14-7-5-6-8-19(14)26(31(4,29)30)13-20(27)25(15(2)21(28)24-3)12-16-9-10-17(22)11-18(16)23/h5-11,15H,12-13H2,1-4H3,(H,24,28). The molecule has 168 valence electrons. The van der Waals surface area contributed by atoms with E-state index in [0.717, 1.165) is 10.6 Å². The van der Waals surface area contributed by atoms with Crippen molar-refractivity contribution in [2.75, 3.05) is 24.2 Å². The molecule has 0 heterocycles. The van der Waals surface area contributed by atoms with Crippen LogP contribution in [0.5, 0.6) is 0 Å². The number of benzene rings is 2. The number of hydrogen-bond donors (Lipinski definition) is 1.